The largest absolute Gasteiger partial charge is 0.356 e. The number of nitrogens with zero attached hydrogens (tertiary/aromatic N) is 3. The van der Waals surface area contributed by atoms with Gasteiger partial charge in [-0.25, -0.2) is 9.97 Å². The monoisotopic (exact) mass is 244 g/mol. The Kier molecular flexibility index (Phi) is 2.73. The lowest BCUT2D eigenvalue weighted by molar-refractivity contribution is 0.437. The first-order valence-corrected chi connectivity index (χ1v) is 6.71. The van der Waals surface area contributed by atoms with Crippen LogP contribution in [-0.2, 0) is 0 Å². The van der Waals surface area contributed by atoms with E-state index >= 15 is 0 Å². The van der Waals surface area contributed by atoms with Crippen molar-refractivity contribution in [2.24, 2.45) is 5.92 Å². The maximum atomic E-state index is 4.52. The number of aromatic nitrogens is 3. The molecular formula is C14H20N4. The molecule has 1 saturated heterocycles. The molecule has 3 rings (SSSR count). The normalized spacial score (nSPS) is 17.6. The smallest absolute Gasteiger partial charge is 0.143 e. The highest BCUT2D eigenvalue weighted by Gasteiger charge is 2.21. The maximum absolute atomic E-state index is 4.52. The van der Waals surface area contributed by atoms with E-state index < -0.39 is 0 Å². The summed E-state index contributed by atoms with van der Waals surface area (Å²) in [6.45, 7) is 8.79. The predicted octanol–water partition coefficient (Wildman–Crippen LogP) is 2.81. The summed E-state index contributed by atoms with van der Waals surface area (Å²) < 4.78 is 0. The molecule has 0 unspecified atom stereocenters. The van der Waals surface area contributed by atoms with Gasteiger partial charge < -0.3 is 9.88 Å². The molecule has 3 heterocycles. The van der Waals surface area contributed by atoms with E-state index in [-0.39, 0.29) is 0 Å². The first kappa shape index (κ1) is 11.5. The molecule has 0 bridgehead atoms. The molecule has 4 heteroatoms. The van der Waals surface area contributed by atoms with Gasteiger partial charge in [-0.2, -0.15) is 0 Å². The number of hydrogen-bond donors (Lipinski definition) is 1. The number of aromatic amines is 1. The summed E-state index contributed by atoms with van der Waals surface area (Å²) in [5, 5.41) is 1.20. The molecule has 2 aromatic heterocycles. The molecule has 1 N–H and O–H groups in total. The SMILES string of the molecule is Cc1[nH]c2ncnc(N3CCC(C)CC3)c2c1C. The molecule has 0 spiro atoms. The van der Waals surface area contributed by atoms with Crippen molar-refractivity contribution in [1.29, 1.82) is 0 Å². The molecule has 1 aliphatic heterocycles. The Morgan fingerprint density at radius 3 is 2.67 bits per heavy atom. The number of anilines is 1. The fraction of sp³-hybridized carbons (Fsp3) is 0.571. The molecule has 1 aliphatic rings. The fourth-order valence-electron chi connectivity index (χ4n) is 2.74. The van der Waals surface area contributed by atoms with Crippen LogP contribution >= 0.6 is 0 Å². The van der Waals surface area contributed by atoms with E-state index in [1.807, 2.05) is 0 Å². The fourth-order valence-corrected chi connectivity index (χ4v) is 2.74. The standard InChI is InChI=1S/C14H20N4/c1-9-4-6-18(7-5-9)14-12-10(2)11(3)17-13(12)15-8-16-14/h8-9H,4-7H2,1-3H3,(H,15,16,17). The first-order valence-electron chi connectivity index (χ1n) is 6.71. The Morgan fingerprint density at radius 1 is 1.22 bits per heavy atom. The molecule has 0 aliphatic carbocycles. The summed E-state index contributed by atoms with van der Waals surface area (Å²) in [4.78, 5) is 14.6. The second-order valence-electron chi connectivity index (χ2n) is 5.47. The van der Waals surface area contributed by atoms with Crippen molar-refractivity contribution >= 4 is 16.9 Å². The van der Waals surface area contributed by atoms with Gasteiger partial charge in [0.25, 0.3) is 0 Å². The molecule has 18 heavy (non-hydrogen) atoms. The van der Waals surface area contributed by atoms with Crippen molar-refractivity contribution in [3.63, 3.8) is 0 Å². The second kappa shape index (κ2) is 4.26. The van der Waals surface area contributed by atoms with Crippen molar-refractivity contribution < 1.29 is 0 Å². The minimum absolute atomic E-state index is 0.840. The third kappa shape index (κ3) is 1.76. The van der Waals surface area contributed by atoms with Gasteiger partial charge in [-0.05, 0) is 38.2 Å². The summed E-state index contributed by atoms with van der Waals surface area (Å²) in [5.41, 5.74) is 3.44. The van der Waals surface area contributed by atoms with Crippen LogP contribution in [0.1, 0.15) is 31.0 Å². The van der Waals surface area contributed by atoms with Gasteiger partial charge in [-0.3, -0.25) is 0 Å². The molecule has 96 valence electrons. The average Bonchev–Trinajstić information content (AvgIpc) is 2.66. The minimum atomic E-state index is 0.840. The van der Waals surface area contributed by atoms with Crippen molar-refractivity contribution in [2.45, 2.75) is 33.6 Å². The van der Waals surface area contributed by atoms with Gasteiger partial charge in [0.05, 0.1) is 5.39 Å². The second-order valence-corrected chi connectivity index (χ2v) is 5.47. The molecule has 4 nitrogen and oxygen atoms in total. The Hall–Kier alpha value is -1.58. The number of aryl methyl sites for hydroxylation is 2. The first-order chi connectivity index (χ1) is 8.66. The lowest BCUT2D eigenvalue weighted by atomic mass is 9.99. The summed E-state index contributed by atoms with van der Waals surface area (Å²) in [5.74, 6) is 1.95. The van der Waals surface area contributed by atoms with Crippen LogP contribution in [0.15, 0.2) is 6.33 Å². The number of rotatable bonds is 1. The van der Waals surface area contributed by atoms with Crippen LogP contribution in [0, 0.1) is 19.8 Å². The van der Waals surface area contributed by atoms with Crippen LogP contribution in [0.3, 0.4) is 0 Å². The van der Waals surface area contributed by atoms with Gasteiger partial charge in [-0.15, -0.1) is 0 Å². The third-order valence-corrected chi connectivity index (χ3v) is 4.15. The molecule has 0 saturated carbocycles. The van der Waals surface area contributed by atoms with Crippen LogP contribution < -0.4 is 4.90 Å². The van der Waals surface area contributed by atoms with E-state index in [0.29, 0.717) is 0 Å². The number of piperidine rings is 1. The van der Waals surface area contributed by atoms with E-state index in [2.05, 4.69) is 40.6 Å². The molecule has 0 aromatic carbocycles. The topological polar surface area (TPSA) is 44.8 Å². The van der Waals surface area contributed by atoms with Crippen molar-refractivity contribution in [3.05, 3.63) is 17.6 Å². The Labute approximate surface area is 107 Å². The van der Waals surface area contributed by atoms with Gasteiger partial charge in [-0.1, -0.05) is 6.92 Å². The van der Waals surface area contributed by atoms with Crippen molar-refractivity contribution in [2.75, 3.05) is 18.0 Å². The molecule has 0 radical (unpaired) electrons. The molecule has 2 aromatic rings. The van der Waals surface area contributed by atoms with Crippen LogP contribution in [0.2, 0.25) is 0 Å². The van der Waals surface area contributed by atoms with Crippen LogP contribution in [0.5, 0.6) is 0 Å². The zero-order valence-corrected chi connectivity index (χ0v) is 11.3. The van der Waals surface area contributed by atoms with Crippen LogP contribution in [0.25, 0.3) is 11.0 Å². The van der Waals surface area contributed by atoms with E-state index in [9.17, 15) is 0 Å². The summed E-state index contributed by atoms with van der Waals surface area (Å²) >= 11 is 0. The van der Waals surface area contributed by atoms with Crippen molar-refractivity contribution in [1.82, 2.24) is 15.0 Å². The van der Waals surface area contributed by atoms with E-state index in [1.165, 1.54) is 29.5 Å². The highest BCUT2D eigenvalue weighted by atomic mass is 15.2. The third-order valence-electron chi connectivity index (χ3n) is 4.15. The number of fused-ring (bicyclic) bond motifs is 1. The summed E-state index contributed by atoms with van der Waals surface area (Å²) in [6.07, 6.45) is 4.19. The maximum Gasteiger partial charge on any atom is 0.143 e. The Morgan fingerprint density at radius 2 is 1.94 bits per heavy atom. The van der Waals surface area contributed by atoms with Gasteiger partial charge in [0.1, 0.15) is 17.8 Å². The van der Waals surface area contributed by atoms with E-state index in [0.717, 1.165) is 30.5 Å². The lowest BCUT2D eigenvalue weighted by Crippen LogP contribution is -2.33. The molecule has 0 amide bonds. The summed E-state index contributed by atoms with van der Waals surface area (Å²) in [7, 11) is 0. The number of hydrogen-bond acceptors (Lipinski definition) is 3. The average molecular weight is 244 g/mol. The van der Waals surface area contributed by atoms with Gasteiger partial charge in [0.2, 0.25) is 0 Å². The number of nitrogens with one attached hydrogen (secondary N) is 1. The molecule has 1 fully saturated rings. The van der Waals surface area contributed by atoms with Crippen LogP contribution in [-0.4, -0.2) is 28.0 Å². The number of H-pyrrole nitrogens is 1. The Bertz CT molecular complexity index is 564. The Balaban J connectivity index is 2.06. The predicted molar refractivity (Wildman–Crippen MR) is 74.0 cm³/mol. The van der Waals surface area contributed by atoms with Gasteiger partial charge in [0.15, 0.2) is 0 Å². The zero-order valence-electron chi connectivity index (χ0n) is 11.3. The van der Waals surface area contributed by atoms with E-state index in [1.54, 1.807) is 6.33 Å². The van der Waals surface area contributed by atoms with E-state index in [4.69, 9.17) is 0 Å². The highest BCUT2D eigenvalue weighted by Crippen LogP contribution is 2.30. The quantitative estimate of drug-likeness (QED) is 0.839. The molecular weight excluding hydrogens is 224 g/mol. The van der Waals surface area contributed by atoms with Crippen molar-refractivity contribution in [3.8, 4) is 0 Å². The van der Waals surface area contributed by atoms with Crippen LogP contribution in [0.4, 0.5) is 5.82 Å². The lowest BCUT2D eigenvalue weighted by Gasteiger charge is -2.31. The minimum Gasteiger partial charge on any atom is -0.356 e. The van der Waals surface area contributed by atoms with Gasteiger partial charge >= 0.3 is 0 Å². The summed E-state index contributed by atoms with van der Waals surface area (Å²) in [6, 6.07) is 0. The zero-order chi connectivity index (χ0) is 12.7. The highest BCUT2D eigenvalue weighted by molar-refractivity contribution is 5.91. The molecule has 0 atom stereocenters. The van der Waals surface area contributed by atoms with Gasteiger partial charge in [0, 0.05) is 18.8 Å².